The van der Waals surface area contributed by atoms with Gasteiger partial charge in [-0.3, -0.25) is 10.1 Å². The van der Waals surface area contributed by atoms with E-state index in [2.05, 4.69) is 15.5 Å². The van der Waals surface area contributed by atoms with Crippen molar-refractivity contribution < 1.29 is 23.7 Å². The molecule has 2 rings (SSSR count). The second-order valence-corrected chi connectivity index (χ2v) is 5.98. The highest BCUT2D eigenvalue weighted by Gasteiger charge is 2.12. The van der Waals surface area contributed by atoms with Crippen LogP contribution >= 0.6 is 11.3 Å². The van der Waals surface area contributed by atoms with Crippen molar-refractivity contribution in [1.29, 1.82) is 0 Å². The molecule has 0 fully saturated rings. The molecule has 8 nitrogen and oxygen atoms in total. The van der Waals surface area contributed by atoms with E-state index in [0.29, 0.717) is 40.6 Å². The summed E-state index contributed by atoms with van der Waals surface area (Å²) < 4.78 is 21.1. The maximum atomic E-state index is 12.1. The molecule has 0 saturated heterocycles. The van der Waals surface area contributed by atoms with Crippen LogP contribution in [0.3, 0.4) is 0 Å². The standard InChI is InChI=1S/C17H21N3O5S/c1-5-25-10-15-19-20-17(26-15)18-14(21)7-6-11-8-12(22-2)16(24-4)13(9-11)23-3/h6-9H,5,10H2,1-4H3,(H,18,20,21). The lowest BCUT2D eigenvalue weighted by molar-refractivity contribution is -0.111. The highest BCUT2D eigenvalue weighted by atomic mass is 32.1. The van der Waals surface area contributed by atoms with E-state index in [9.17, 15) is 4.79 Å². The normalized spacial score (nSPS) is 10.8. The van der Waals surface area contributed by atoms with Crippen LogP contribution < -0.4 is 19.5 Å². The molecule has 0 aliphatic carbocycles. The number of benzene rings is 1. The van der Waals surface area contributed by atoms with Crippen LogP contribution in [0.1, 0.15) is 17.5 Å². The average molecular weight is 379 g/mol. The summed E-state index contributed by atoms with van der Waals surface area (Å²) in [5.41, 5.74) is 0.726. The minimum Gasteiger partial charge on any atom is -0.493 e. The second kappa shape index (κ2) is 9.73. The van der Waals surface area contributed by atoms with Gasteiger partial charge in [-0.05, 0) is 30.7 Å². The van der Waals surface area contributed by atoms with Gasteiger partial charge in [-0.15, -0.1) is 10.2 Å². The molecule has 0 atom stereocenters. The third-order valence-corrected chi connectivity index (χ3v) is 4.05. The van der Waals surface area contributed by atoms with Crippen molar-refractivity contribution in [2.75, 3.05) is 33.3 Å². The van der Waals surface area contributed by atoms with E-state index in [1.807, 2.05) is 6.92 Å². The number of ether oxygens (including phenoxy) is 4. The monoisotopic (exact) mass is 379 g/mol. The molecule has 0 radical (unpaired) electrons. The molecule has 1 heterocycles. The van der Waals surface area contributed by atoms with Crippen LogP contribution in [0.2, 0.25) is 0 Å². The minimum atomic E-state index is -0.321. The molecule has 140 valence electrons. The van der Waals surface area contributed by atoms with Gasteiger partial charge in [0.05, 0.1) is 21.3 Å². The van der Waals surface area contributed by atoms with Crippen molar-refractivity contribution in [2.24, 2.45) is 0 Å². The zero-order chi connectivity index (χ0) is 18.9. The zero-order valence-electron chi connectivity index (χ0n) is 15.1. The summed E-state index contributed by atoms with van der Waals surface area (Å²) in [6.45, 7) is 2.88. The Morgan fingerprint density at radius 1 is 1.15 bits per heavy atom. The number of amides is 1. The zero-order valence-corrected chi connectivity index (χ0v) is 15.9. The van der Waals surface area contributed by atoms with Gasteiger partial charge in [-0.1, -0.05) is 11.3 Å². The molecule has 1 amide bonds. The third kappa shape index (κ3) is 5.17. The summed E-state index contributed by atoms with van der Waals surface area (Å²) in [5.74, 6) is 1.19. The van der Waals surface area contributed by atoms with Crippen molar-refractivity contribution in [3.8, 4) is 17.2 Å². The number of carbonyl (C=O) groups excluding carboxylic acids is 1. The average Bonchev–Trinajstić information content (AvgIpc) is 3.10. The molecule has 9 heteroatoms. The quantitative estimate of drug-likeness (QED) is 0.670. The van der Waals surface area contributed by atoms with Gasteiger partial charge in [0.1, 0.15) is 11.6 Å². The van der Waals surface area contributed by atoms with Crippen molar-refractivity contribution >= 4 is 28.5 Å². The molecule has 1 aromatic heterocycles. The van der Waals surface area contributed by atoms with Crippen LogP contribution in [0.15, 0.2) is 18.2 Å². The fraction of sp³-hybridized carbons (Fsp3) is 0.353. The van der Waals surface area contributed by atoms with Gasteiger partial charge in [0.25, 0.3) is 0 Å². The topological polar surface area (TPSA) is 91.8 Å². The SMILES string of the molecule is CCOCc1nnc(NC(=O)C=Cc2cc(OC)c(OC)c(OC)c2)s1. The smallest absolute Gasteiger partial charge is 0.250 e. The number of rotatable bonds is 9. The lowest BCUT2D eigenvalue weighted by Crippen LogP contribution is -2.07. The molecule has 1 N–H and O–H groups in total. The van der Waals surface area contributed by atoms with Crippen LogP contribution in [-0.2, 0) is 16.1 Å². The highest BCUT2D eigenvalue weighted by Crippen LogP contribution is 2.38. The Bertz CT molecular complexity index is 751. The van der Waals surface area contributed by atoms with E-state index in [0.717, 1.165) is 5.56 Å². The Morgan fingerprint density at radius 3 is 2.42 bits per heavy atom. The lowest BCUT2D eigenvalue weighted by atomic mass is 10.1. The number of hydrogen-bond acceptors (Lipinski definition) is 8. The van der Waals surface area contributed by atoms with Gasteiger partial charge in [-0.2, -0.15) is 0 Å². The van der Waals surface area contributed by atoms with E-state index in [1.54, 1.807) is 18.2 Å². The molecular weight excluding hydrogens is 358 g/mol. The molecule has 0 saturated carbocycles. The van der Waals surface area contributed by atoms with E-state index in [1.165, 1.54) is 38.7 Å². The second-order valence-electron chi connectivity index (χ2n) is 4.92. The number of carbonyl (C=O) groups is 1. The van der Waals surface area contributed by atoms with Crippen molar-refractivity contribution in [2.45, 2.75) is 13.5 Å². The molecule has 1 aromatic carbocycles. The van der Waals surface area contributed by atoms with Gasteiger partial charge in [0, 0.05) is 12.7 Å². The predicted molar refractivity (Wildman–Crippen MR) is 99.0 cm³/mol. The fourth-order valence-corrected chi connectivity index (χ4v) is 2.75. The summed E-state index contributed by atoms with van der Waals surface area (Å²) in [7, 11) is 4.60. The molecule has 0 aliphatic heterocycles. The first kappa shape index (κ1) is 19.7. The number of nitrogens with one attached hydrogen (secondary N) is 1. The third-order valence-electron chi connectivity index (χ3n) is 3.24. The number of nitrogens with zero attached hydrogens (tertiary/aromatic N) is 2. The summed E-state index contributed by atoms with van der Waals surface area (Å²) in [6.07, 6.45) is 3.03. The van der Waals surface area contributed by atoms with Gasteiger partial charge in [0.15, 0.2) is 11.5 Å². The van der Waals surface area contributed by atoms with E-state index in [-0.39, 0.29) is 5.91 Å². The molecule has 0 unspecified atom stereocenters. The Balaban J connectivity index is 2.06. The first-order chi connectivity index (χ1) is 12.6. The van der Waals surface area contributed by atoms with Crippen LogP contribution in [-0.4, -0.2) is 44.0 Å². The largest absolute Gasteiger partial charge is 0.493 e. The van der Waals surface area contributed by atoms with E-state index < -0.39 is 0 Å². The summed E-state index contributed by atoms with van der Waals surface area (Å²) >= 11 is 1.27. The summed E-state index contributed by atoms with van der Waals surface area (Å²) in [4.78, 5) is 12.1. The number of methoxy groups -OCH3 is 3. The molecule has 26 heavy (non-hydrogen) atoms. The molecule has 0 bridgehead atoms. The number of anilines is 1. The Morgan fingerprint density at radius 2 is 1.85 bits per heavy atom. The Labute approximate surface area is 155 Å². The van der Waals surface area contributed by atoms with Gasteiger partial charge >= 0.3 is 0 Å². The lowest BCUT2D eigenvalue weighted by Gasteiger charge is -2.12. The number of aromatic nitrogens is 2. The van der Waals surface area contributed by atoms with Gasteiger partial charge in [0.2, 0.25) is 16.8 Å². The van der Waals surface area contributed by atoms with Gasteiger partial charge in [-0.25, -0.2) is 0 Å². The Hall–Kier alpha value is -2.65. The van der Waals surface area contributed by atoms with Crippen LogP contribution in [0, 0.1) is 0 Å². The van der Waals surface area contributed by atoms with Crippen LogP contribution in [0.5, 0.6) is 17.2 Å². The maximum absolute atomic E-state index is 12.1. The van der Waals surface area contributed by atoms with E-state index in [4.69, 9.17) is 18.9 Å². The van der Waals surface area contributed by atoms with Gasteiger partial charge < -0.3 is 18.9 Å². The van der Waals surface area contributed by atoms with Crippen LogP contribution in [0.4, 0.5) is 5.13 Å². The van der Waals surface area contributed by atoms with Crippen molar-refractivity contribution in [1.82, 2.24) is 10.2 Å². The first-order valence-corrected chi connectivity index (χ1v) is 8.62. The Kier molecular flexibility index (Phi) is 7.37. The number of hydrogen-bond donors (Lipinski definition) is 1. The summed E-state index contributed by atoms with van der Waals surface area (Å²) in [5, 5.41) is 11.6. The molecule has 2 aromatic rings. The van der Waals surface area contributed by atoms with Crippen LogP contribution in [0.25, 0.3) is 6.08 Å². The molecular formula is C17H21N3O5S. The maximum Gasteiger partial charge on any atom is 0.250 e. The molecule has 0 aliphatic rings. The minimum absolute atomic E-state index is 0.321. The summed E-state index contributed by atoms with van der Waals surface area (Å²) in [6, 6.07) is 3.49. The fourth-order valence-electron chi connectivity index (χ4n) is 2.07. The first-order valence-electron chi connectivity index (χ1n) is 7.80. The van der Waals surface area contributed by atoms with E-state index >= 15 is 0 Å². The predicted octanol–water partition coefficient (Wildman–Crippen LogP) is 2.75. The molecule has 0 spiro atoms. The van der Waals surface area contributed by atoms with Crippen molar-refractivity contribution in [3.63, 3.8) is 0 Å². The highest BCUT2D eigenvalue weighted by molar-refractivity contribution is 7.15. The van der Waals surface area contributed by atoms with Crippen molar-refractivity contribution in [3.05, 3.63) is 28.8 Å².